The maximum atomic E-state index is 5.96. The van der Waals surface area contributed by atoms with E-state index in [0.717, 1.165) is 22.8 Å². The Balaban J connectivity index is 2.58. The smallest absolute Gasteiger partial charge is 0.0932 e. The maximum absolute atomic E-state index is 5.96. The summed E-state index contributed by atoms with van der Waals surface area (Å²) in [5, 5.41) is 0.819. The fraction of sp³-hybridized carbons (Fsp3) is 0.571. The van der Waals surface area contributed by atoms with Gasteiger partial charge >= 0.3 is 0 Å². The van der Waals surface area contributed by atoms with Gasteiger partial charge in [0.1, 0.15) is 0 Å². The maximum Gasteiger partial charge on any atom is 0.0932 e. The molecule has 0 fully saturated rings. The molecule has 0 amide bonds. The third-order valence-corrected chi connectivity index (χ3v) is 3.87. The van der Waals surface area contributed by atoms with Crippen molar-refractivity contribution in [2.45, 2.75) is 33.3 Å². The molecule has 1 unspecified atom stereocenters. The monoisotopic (exact) mass is 362 g/mol. The Morgan fingerprint density at radius 2 is 1.88 bits per heavy atom. The van der Waals surface area contributed by atoms with Gasteiger partial charge in [-0.25, -0.2) is 0 Å². The molecule has 0 aliphatic carbocycles. The van der Waals surface area contributed by atoms with E-state index >= 15 is 0 Å². The number of hydrogen-bond donors (Lipinski definition) is 0. The Labute approximate surface area is 121 Å². The second kappa shape index (κ2) is 6.91. The van der Waals surface area contributed by atoms with Gasteiger partial charge in [-0.1, -0.05) is 70.8 Å². The van der Waals surface area contributed by atoms with Crippen LogP contribution in [-0.4, -0.2) is 11.9 Å². The van der Waals surface area contributed by atoms with Crippen molar-refractivity contribution in [1.29, 1.82) is 0 Å². The summed E-state index contributed by atoms with van der Waals surface area (Å²) < 4.78 is 7.07. The average molecular weight is 364 g/mol. The normalized spacial score (nSPS) is 13.7. The first-order chi connectivity index (χ1) is 7.94. The summed E-state index contributed by atoms with van der Waals surface area (Å²) in [6.45, 7) is 7.49. The minimum atomic E-state index is 0.118. The van der Waals surface area contributed by atoms with Crippen molar-refractivity contribution in [1.82, 2.24) is 0 Å². The summed E-state index contributed by atoms with van der Waals surface area (Å²) >= 11 is 7.09. The molecule has 0 heterocycles. The highest BCUT2D eigenvalue weighted by molar-refractivity contribution is 9.10. The molecule has 0 radical (unpaired) electrons. The number of rotatable bonds is 5. The average Bonchev–Trinajstić information content (AvgIpc) is 2.24. The van der Waals surface area contributed by atoms with Gasteiger partial charge in [0, 0.05) is 16.4 Å². The van der Waals surface area contributed by atoms with Crippen molar-refractivity contribution in [2.24, 2.45) is 5.41 Å². The van der Waals surface area contributed by atoms with Crippen LogP contribution in [0.4, 0.5) is 0 Å². The first kappa shape index (κ1) is 15.2. The van der Waals surface area contributed by atoms with Crippen LogP contribution in [0.5, 0.6) is 0 Å². The molecule has 1 rings (SSSR count). The molecular weight excluding hydrogens is 344 g/mol. The van der Waals surface area contributed by atoms with Crippen molar-refractivity contribution < 1.29 is 4.74 Å². The Hall–Kier alpha value is 0.140. The van der Waals surface area contributed by atoms with Gasteiger partial charge in [-0.3, -0.25) is 0 Å². The lowest BCUT2D eigenvalue weighted by atomic mass is 9.93. The van der Waals surface area contributed by atoms with Crippen molar-refractivity contribution in [2.75, 3.05) is 11.9 Å². The van der Waals surface area contributed by atoms with Crippen LogP contribution in [0.15, 0.2) is 28.7 Å². The van der Waals surface area contributed by atoms with Gasteiger partial charge in [-0.05, 0) is 23.5 Å². The molecule has 3 heteroatoms. The molecule has 0 spiro atoms. The van der Waals surface area contributed by atoms with Crippen LogP contribution in [0.2, 0.25) is 0 Å². The van der Waals surface area contributed by atoms with E-state index in [9.17, 15) is 0 Å². The lowest BCUT2D eigenvalue weighted by Gasteiger charge is -2.22. The van der Waals surface area contributed by atoms with Gasteiger partial charge in [0.25, 0.3) is 0 Å². The second-order valence-corrected chi connectivity index (χ2v) is 6.85. The topological polar surface area (TPSA) is 9.23 Å². The van der Waals surface area contributed by atoms with Crippen LogP contribution >= 0.6 is 31.9 Å². The lowest BCUT2D eigenvalue weighted by Crippen LogP contribution is -2.13. The van der Waals surface area contributed by atoms with Crippen LogP contribution < -0.4 is 0 Å². The van der Waals surface area contributed by atoms with Gasteiger partial charge in [0.05, 0.1) is 6.10 Å². The summed E-state index contributed by atoms with van der Waals surface area (Å²) in [7, 11) is 0. The molecule has 0 saturated heterocycles. The Morgan fingerprint density at radius 3 is 2.41 bits per heavy atom. The third-order valence-electron chi connectivity index (χ3n) is 2.56. The molecule has 1 atom stereocenters. The van der Waals surface area contributed by atoms with E-state index in [-0.39, 0.29) is 6.10 Å². The SMILES string of the molecule is CC(C)(C)CCOC(CBr)c1ccccc1Br. The van der Waals surface area contributed by atoms with E-state index in [1.165, 1.54) is 5.56 Å². The molecule has 0 aromatic heterocycles. The Kier molecular flexibility index (Phi) is 6.18. The number of alkyl halides is 1. The van der Waals surface area contributed by atoms with E-state index in [0.29, 0.717) is 5.41 Å². The zero-order valence-corrected chi connectivity index (χ0v) is 13.8. The summed E-state index contributed by atoms with van der Waals surface area (Å²) in [4.78, 5) is 0. The molecular formula is C14H20Br2O. The Bertz CT molecular complexity index is 344. The fourth-order valence-electron chi connectivity index (χ4n) is 1.46. The Morgan fingerprint density at radius 1 is 1.24 bits per heavy atom. The summed E-state index contributed by atoms with van der Waals surface area (Å²) in [6.07, 6.45) is 1.19. The predicted molar refractivity (Wildman–Crippen MR) is 80.7 cm³/mol. The molecule has 1 aromatic carbocycles. The summed E-state index contributed by atoms with van der Waals surface area (Å²) in [5.74, 6) is 0. The molecule has 0 bridgehead atoms. The molecule has 1 nitrogen and oxygen atoms in total. The van der Waals surface area contributed by atoms with Crippen molar-refractivity contribution in [3.05, 3.63) is 34.3 Å². The molecule has 0 N–H and O–H groups in total. The van der Waals surface area contributed by atoms with Crippen molar-refractivity contribution in [3.8, 4) is 0 Å². The summed E-state index contributed by atoms with van der Waals surface area (Å²) in [6, 6.07) is 8.22. The van der Waals surface area contributed by atoms with E-state index in [4.69, 9.17) is 4.74 Å². The van der Waals surface area contributed by atoms with Gasteiger partial charge in [-0.2, -0.15) is 0 Å². The number of benzene rings is 1. The van der Waals surface area contributed by atoms with Crippen molar-refractivity contribution in [3.63, 3.8) is 0 Å². The first-order valence-corrected chi connectivity index (χ1v) is 7.77. The molecule has 0 aliphatic rings. The molecule has 0 saturated carbocycles. The van der Waals surface area contributed by atoms with E-state index < -0.39 is 0 Å². The molecule has 1 aromatic rings. The van der Waals surface area contributed by atoms with Gasteiger partial charge in [0.2, 0.25) is 0 Å². The zero-order valence-electron chi connectivity index (χ0n) is 10.7. The van der Waals surface area contributed by atoms with Crippen LogP contribution in [0.25, 0.3) is 0 Å². The van der Waals surface area contributed by atoms with Crippen LogP contribution in [0.1, 0.15) is 38.9 Å². The van der Waals surface area contributed by atoms with E-state index in [2.05, 4.69) is 64.8 Å². The third kappa shape index (κ3) is 5.54. The standard InChI is InChI=1S/C14H20Br2O/c1-14(2,3)8-9-17-13(10-15)11-6-4-5-7-12(11)16/h4-7,13H,8-10H2,1-3H3. The van der Waals surface area contributed by atoms with Gasteiger partial charge in [-0.15, -0.1) is 0 Å². The van der Waals surface area contributed by atoms with Crippen LogP contribution in [0.3, 0.4) is 0 Å². The highest BCUT2D eigenvalue weighted by Crippen LogP contribution is 2.28. The second-order valence-electron chi connectivity index (χ2n) is 5.35. The molecule has 17 heavy (non-hydrogen) atoms. The summed E-state index contributed by atoms with van der Waals surface area (Å²) in [5.41, 5.74) is 1.53. The largest absolute Gasteiger partial charge is 0.373 e. The minimum absolute atomic E-state index is 0.118. The van der Waals surface area contributed by atoms with Gasteiger partial charge < -0.3 is 4.74 Å². The minimum Gasteiger partial charge on any atom is -0.373 e. The number of hydrogen-bond acceptors (Lipinski definition) is 1. The zero-order chi connectivity index (χ0) is 12.9. The predicted octanol–water partition coefficient (Wildman–Crippen LogP) is 5.34. The highest BCUT2D eigenvalue weighted by atomic mass is 79.9. The molecule has 0 aliphatic heterocycles. The first-order valence-electron chi connectivity index (χ1n) is 5.86. The van der Waals surface area contributed by atoms with Crippen molar-refractivity contribution >= 4 is 31.9 Å². The lowest BCUT2D eigenvalue weighted by molar-refractivity contribution is 0.0517. The highest BCUT2D eigenvalue weighted by Gasteiger charge is 2.15. The van der Waals surface area contributed by atoms with E-state index in [1.54, 1.807) is 0 Å². The van der Waals surface area contributed by atoms with Crippen LogP contribution in [0, 0.1) is 5.41 Å². The van der Waals surface area contributed by atoms with E-state index in [1.807, 2.05) is 12.1 Å². The van der Waals surface area contributed by atoms with Crippen LogP contribution in [-0.2, 0) is 4.74 Å². The molecule has 96 valence electrons. The number of halogens is 2. The van der Waals surface area contributed by atoms with Gasteiger partial charge in [0.15, 0.2) is 0 Å². The quantitative estimate of drug-likeness (QED) is 0.641. The fourth-order valence-corrected chi connectivity index (χ4v) is 2.54. The number of ether oxygens (including phenoxy) is 1.